The zero-order chi connectivity index (χ0) is 49.3. The molecular weight excluding hydrogens is 841 g/mol. The third-order valence-electron chi connectivity index (χ3n) is 10.9. The van der Waals surface area contributed by atoms with Crippen LogP contribution in [0.1, 0.15) is 220 Å². The van der Waals surface area contributed by atoms with Gasteiger partial charge in [0.15, 0.2) is 6.10 Å². The van der Waals surface area contributed by atoms with Gasteiger partial charge in [-0.25, -0.2) is 0 Å². The van der Waals surface area contributed by atoms with Gasteiger partial charge in [0.2, 0.25) is 0 Å². The lowest BCUT2D eigenvalue weighted by Crippen LogP contribution is -2.30. The minimum Gasteiger partial charge on any atom is -0.462 e. The minimum absolute atomic E-state index is 0.113. The highest BCUT2D eigenvalue weighted by Gasteiger charge is 2.19. The van der Waals surface area contributed by atoms with Crippen molar-refractivity contribution in [2.24, 2.45) is 0 Å². The van der Waals surface area contributed by atoms with E-state index < -0.39 is 6.10 Å². The Morgan fingerprint density at radius 2 is 0.588 bits per heavy atom. The van der Waals surface area contributed by atoms with E-state index in [0.717, 1.165) is 135 Å². The number of unbranched alkanes of at least 4 members (excludes halogenated alkanes) is 14. The van der Waals surface area contributed by atoms with E-state index in [-0.39, 0.29) is 37.5 Å². The molecule has 0 amide bonds. The smallest absolute Gasteiger partial charge is 0.306 e. The number of carbonyl (C=O) groups is 3. The SMILES string of the molecule is CC/C=C\C/C=C\C/C=C\C/C=C\C/C=C\CCCCCCCCCC(=O)OCC(COC(=O)CCCCCCC/C=C\CCC)OC(=O)CCC/C=C\C/C=C\C/C=C\C/C=C\C/C=C\CC. The molecule has 0 radical (unpaired) electrons. The molecule has 0 aromatic carbocycles. The number of carbonyl (C=O) groups excluding carboxylic acids is 3. The van der Waals surface area contributed by atoms with Crippen molar-refractivity contribution in [3.05, 3.63) is 134 Å². The molecule has 0 fully saturated rings. The Kier molecular flexibility index (Phi) is 51.5. The van der Waals surface area contributed by atoms with Gasteiger partial charge in [-0.3, -0.25) is 14.4 Å². The van der Waals surface area contributed by atoms with Crippen molar-refractivity contribution in [3.63, 3.8) is 0 Å². The average Bonchev–Trinajstić information content (AvgIpc) is 3.34. The van der Waals surface area contributed by atoms with Gasteiger partial charge in [-0.05, 0) is 122 Å². The topological polar surface area (TPSA) is 78.9 Å². The molecule has 0 aliphatic heterocycles. The van der Waals surface area contributed by atoms with E-state index in [1.165, 1.54) is 38.5 Å². The van der Waals surface area contributed by atoms with Crippen LogP contribution in [0.2, 0.25) is 0 Å². The van der Waals surface area contributed by atoms with Crippen LogP contribution in [0, 0.1) is 0 Å². The van der Waals surface area contributed by atoms with Crippen LogP contribution in [-0.4, -0.2) is 37.2 Å². The first-order valence-electron chi connectivity index (χ1n) is 27.2. The van der Waals surface area contributed by atoms with Crippen molar-refractivity contribution in [1.82, 2.24) is 0 Å². The predicted octanol–water partition coefficient (Wildman–Crippen LogP) is 18.3. The summed E-state index contributed by atoms with van der Waals surface area (Å²) in [7, 11) is 0. The summed E-state index contributed by atoms with van der Waals surface area (Å²) in [4.78, 5) is 38.0. The highest BCUT2D eigenvalue weighted by Crippen LogP contribution is 2.13. The Balaban J connectivity index is 4.44. The van der Waals surface area contributed by atoms with Crippen molar-refractivity contribution < 1.29 is 28.6 Å². The molecule has 6 heteroatoms. The number of rotatable bonds is 47. The summed E-state index contributed by atoms with van der Waals surface area (Å²) in [6.45, 7) is 6.27. The molecule has 0 aromatic rings. The van der Waals surface area contributed by atoms with E-state index in [9.17, 15) is 14.4 Å². The lowest BCUT2D eigenvalue weighted by atomic mass is 10.1. The van der Waals surface area contributed by atoms with Crippen molar-refractivity contribution >= 4 is 17.9 Å². The molecule has 6 nitrogen and oxygen atoms in total. The van der Waals surface area contributed by atoms with E-state index in [1.807, 2.05) is 0 Å². The maximum atomic E-state index is 12.8. The number of ether oxygens (including phenoxy) is 3. The Morgan fingerprint density at radius 1 is 0.309 bits per heavy atom. The molecule has 0 aliphatic rings. The van der Waals surface area contributed by atoms with Gasteiger partial charge < -0.3 is 14.2 Å². The summed E-state index contributed by atoms with van der Waals surface area (Å²) in [6, 6.07) is 0. The summed E-state index contributed by atoms with van der Waals surface area (Å²) in [5.74, 6) is -1.00. The minimum atomic E-state index is -0.820. The van der Waals surface area contributed by atoms with Gasteiger partial charge in [-0.1, -0.05) is 212 Å². The average molecular weight is 939 g/mol. The monoisotopic (exact) mass is 939 g/mol. The molecule has 0 heterocycles. The molecule has 68 heavy (non-hydrogen) atoms. The van der Waals surface area contributed by atoms with Gasteiger partial charge in [0.1, 0.15) is 13.2 Å². The van der Waals surface area contributed by atoms with Crippen LogP contribution in [-0.2, 0) is 28.6 Å². The summed E-state index contributed by atoms with van der Waals surface area (Å²) in [6.07, 6.45) is 77.3. The number of hydrogen-bond donors (Lipinski definition) is 0. The number of esters is 3. The van der Waals surface area contributed by atoms with E-state index in [2.05, 4.69) is 154 Å². The molecule has 0 bridgehead atoms. The Bertz CT molecular complexity index is 1500. The van der Waals surface area contributed by atoms with E-state index in [1.54, 1.807) is 0 Å². The first-order valence-corrected chi connectivity index (χ1v) is 27.2. The second kappa shape index (κ2) is 55.1. The maximum Gasteiger partial charge on any atom is 0.306 e. The van der Waals surface area contributed by atoms with Gasteiger partial charge in [-0.2, -0.15) is 0 Å². The highest BCUT2D eigenvalue weighted by atomic mass is 16.6. The Labute approximate surface area is 417 Å². The fraction of sp³-hybridized carbons (Fsp3) is 0.597. The molecule has 0 spiro atoms. The number of hydrogen-bond acceptors (Lipinski definition) is 6. The van der Waals surface area contributed by atoms with Crippen LogP contribution >= 0.6 is 0 Å². The van der Waals surface area contributed by atoms with Crippen molar-refractivity contribution in [1.29, 1.82) is 0 Å². The largest absolute Gasteiger partial charge is 0.462 e. The van der Waals surface area contributed by atoms with Crippen LogP contribution in [0.3, 0.4) is 0 Å². The van der Waals surface area contributed by atoms with Gasteiger partial charge >= 0.3 is 17.9 Å². The summed E-state index contributed by atoms with van der Waals surface area (Å²) >= 11 is 0. The zero-order valence-electron chi connectivity index (χ0n) is 43.6. The fourth-order valence-electron chi connectivity index (χ4n) is 6.86. The quantitative estimate of drug-likeness (QED) is 0.0262. The first-order chi connectivity index (χ1) is 33.5. The fourth-order valence-corrected chi connectivity index (χ4v) is 6.86. The maximum absolute atomic E-state index is 12.8. The van der Waals surface area contributed by atoms with Crippen molar-refractivity contribution in [2.45, 2.75) is 226 Å². The summed E-state index contributed by atoms with van der Waals surface area (Å²) < 4.78 is 16.7. The van der Waals surface area contributed by atoms with Crippen LogP contribution < -0.4 is 0 Å². The van der Waals surface area contributed by atoms with Gasteiger partial charge in [-0.15, -0.1) is 0 Å². The van der Waals surface area contributed by atoms with Crippen molar-refractivity contribution in [2.75, 3.05) is 13.2 Å². The summed E-state index contributed by atoms with van der Waals surface area (Å²) in [5.41, 5.74) is 0. The van der Waals surface area contributed by atoms with Crippen LogP contribution in [0.15, 0.2) is 134 Å². The lowest BCUT2D eigenvalue weighted by molar-refractivity contribution is -0.167. The molecule has 1 atom stereocenters. The molecule has 0 saturated heterocycles. The molecule has 1 unspecified atom stereocenters. The second-order valence-electron chi connectivity index (χ2n) is 17.4. The lowest BCUT2D eigenvalue weighted by Gasteiger charge is -2.18. The summed E-state index contributed by atoms with van der Waals surface area (Å²) in [5, 5.41) is 0. The zero-order valence-corrected chi connectivity index (χ0v) is 43.6. The normalized spacial score (nSPS) is 13.2. The standard InChI is InChI=1S/C62H98O6/c1-4-7-10-13-16-19-22-24-26-28-29-30-31-32-33-35-36-38-40-43-46-49-52-55-61(64)67-58-59(57-66-60(63)54-51-48-45-42-21-18-15-12-9-6-3)68-62(65)56-53-50-47-44-41-39-37-34-27-25-23-20-17-14-11-8-5-2/h7-8,10-12,15-17,19-20,24-27,29-30,32-33,37,39,44,47,59H,4-6,9,13-14,18,21-23,28,31,34-36,38,40-43,45-46,48-58H2,1-3H3/b10-7-,11-8-,15-12-,19-16-,20-17-,26-24-,27-25-,30-29-,33-32-,39-37-,47-44-. The molecule has 0 rings (SSSR count). The number of allylic oxidation sites excluding steroid dienone is 22. The molecule has 382 valence electrons. The van der Waals surface area contributed by atoms with E-state index in [0.29, 0.717) is 19.3 Å². The van der Waals surface area contributed by atoms with Gasteiger partial charge in [0.05, 0.1) is 0 Å². The van der Waals surface area contributed by atoms with Crippen LogP contribution in [0.4, 0.5) is 0 Å². The Morgan fingerprint density at radius 3 is 0.956 bits per heavy atom. The third kappa shape index (κ3) is 52.5. The molecular formula is C62H98O6. The van der Waals surface area contributed by atoms with Gasteiger partial charge in [0, 0.05) is 19.3 Å². The first kappa shape index (κ1) is 63.5. The predicted molar refractivity (Wildman–Crippen MR) is 292 cm³/mol. The molecule has 0 saturated carbocycles. The van der Waals surface area contributed by atoms with E-state index in [4.69, 9.17) is 14.2 Å². The molecule has 0 aliphatic carbocycles. The third-order valence-corrected chi connectivity index (χ3v) is 10.9. The second-order valence-corrected chi connectivity index (χ2v) is 17.4. The van der Waals surface area contributed by atoms with Crippen LogP contribution in [0.5, 0.6) is 0 Å². The van der Waals surface area contributed by atoms with E-state index >= 15 is 0 Å². The molecule has 0 N–H and O–H groups in total. The Hall–Kier alpha value is -4.45. The highest BCUT2D eigenvalue weighted by molar-refractivity contribution is 5.71. The van der Waals surface area contributed by atoms with Gasteiger partial charge in [0.25, 0.3) is 0 Å². The van der Waals surface area contributed by atoms with Crippen molar-refractivity contribution in [3.8, 4) is 0 Å². The van der Waals surface area contributed by atoms with Crippen LogP contribution in [0.25, 0.3) is 0 Å². The molecule has 0 aromatic heterocycles.